The van der Waals surface area contributed by atoms with Crippen molar-refractivity contribution in [3.63, 3.8) is 0 Å². The molecule has 0 bridgehead atoms. The average molecular weight is 252 g/mol. The molecule has 1 heterocycles. The quantitative estimate of drug-likeness (QED) is 0.750. The number of aldehydes is 1. The average Bonchev–Trinajstić information content (AvgIpc) is 2.85. The maximum absolute atomic E-state index is 11.1. The number of carbonyl (C=O) groups is 1. The van der Waals surface area contributed by atoms with Crippen molar-refractivity contribution >= 4 is 17.9 Å². The van der Waals surface area contributed by atoms with Gasteiger partial charge in [-0.05, 0) is 56.6 Å². The minimum absolute atomic E-state index is 0.00728. The van der Waals surface area contributed by atoms with Gasteiger partial charge in [-0.3, -0.25) is 0 Å². The molecule has 0 aromatic heterocycles. The zero-order valence-corrected chi connectivity index (χ0v) is 10.7. The van der Waals surface area contributed by atoms with Gasteiger partial charge in [0.05, 0.1) is 0 Å². The fourth-order valence-electron chi connectivity index (χ4n) is 2.35. The van der Waals surface area contributed by atoms with Crippen LogP contribution >= 0.6 is 11.6 Å². The Morgan fingerprint density at radius 2 is 1.88 bits per heavy atom. The summed E-state index contributed by atoms with van der Waals surface area (Å²) in [5.41, 5.74) is 1.07. The third kappa shape index (κ3) is 3.55. The van der Waals surface area contributed by atoms with Gasteiger partial charge in [0.25, 0.3) is 0 Å². The van der Waals surface area contributed by atoms with Crippen LogP contribution in [0.5, 0.6) is 0 Å². The highest BCUT2D eigenvalue weighted by atomic mass is 35.5. The number of halogens is 1. The van der Waals surface area contributed by atoms with Crippen molar-refractivity contribution in [2.75, 3.05) is 19.6 Å². The minimum atomic E-state index is 0.00728. The minimum Gasteiger partial charge on any atom is -0.303 e. The van der Waals surface area contributed by atoms with E-state index >= 15 is 0 Å². The highest BCUT2D eigenvalue weighted by Crippen LogP contribution is 2.21. The highest BCUT2D eigenvalue weighted by molar-refractivity contribution is 6.30. The fourth-order valence-corrected chi connectivity index (χ4v) is 2.48. The van der Waals surface area contributed by atoms with Crippen LogP contribution in [0.2, 0.25) is 5.02 Å². The topological polar surface area (TPSA) is 20.3 Å². The van der Waals surface area contributed by atoms with Crippen LogP contribution in [0.15, 0.2) is 24.3 Å². The summed E-state index contributed by atoms with van der Waals surface area (Å²) in [4.78, 5) is 13.6. The van der Waals surface area contributed by atoms with Gasteiger partial charge in [-0.2, -0.15) is 0 Å². The first kappa shape index (κ1) is 12.6. The first-order valence-electron chi connectivity index (χ1n) is 6.22. The standard InChI is InChI=1S/C14H18ClNO/c15-14-5-3-12(4-6-14)13(11-17)7-10-16-8-1-2-9-16/h3-6,11,13H,1-2,7-10H2. The van der Waals surface area contributed by atoms with E-state index in [4.69, 9.17) is 11.6 Å². The predicted octanol–water partition coefficient (Wildman–Crippen LogP) is 3.11. The third-order valence-corrected chi connectivity index (χ3v) is 3.67. The van der Waals surface area contributed by atoms with Gasteiger partial charge < -0.3 is 9.69 Å². The van der Waals surface area contributed by atoms with Crippen LogP contribution < -0.4 is 0 Å². The zero-order valence-electron chi connectivity index (χ0n) is 9.94. The molecule has 1 aromatic rings. The number of benzene rings is 1. The van der Waals surface area contributed by atoms with Crippen molar-refractivity contribution in [1.29, 1.82) is 0 Å². The summed E-state index contributed by atoms with van der Waals surface area (Å²) in [6, 6.07) is 7.60. The van der Waals surface area contributed by atoms with E-state index in [-0.39, 0.29) is 5.92 Å². The summed E-state index contributed by atoms with van der Waals surface area (Å²) >= 11 is 5.84. The van der Waals surface area contributed by atoms with E-state index in [0.29, 0.717) is 0 Å². The molecule has 3 heteroatoms. The molecule has 0 radical (unpaired) electrons. The molecule has 0 aliphatic carbocycles. The van der Waals surface area contributed by atoms with Crippen molar-refractivity contribution in [2.24, 2.45) is 0 Å². The molecule has 1 fully saturated rings. The van der Waals surface area contributed by atoms with Crippen LogP contribution in [0.1, 0.15) is 30.7 Å². The molecule has 1 saturated heterocycles. The molecule has 0 spiro atoms. The number of hydrogen-bond donors (Lipinski definition) is 0. The van der Waals surface area contributed by atoms with Crippen LogP contribution in [0.4, 0.5) is 0 Å². The molecule has 92 valence electrons. The Kier molecular flexibility index (Phi) is 4.57. The van der Waals surface area contributed by atoms with Gasteiger partial charge in [0, 0.05) is 10.9 Å². The number of carbonyl (C=O) groups excluding carboxylic acids is 1. The van der Waals surface area contributed by atoms with Crippen molar-refractivity contribution in [3.05, 3.63) is 34.9 Å². The van der Waals surface area contributed by atoms with Crippen LogP contribution in [0.3, 0.4) is 0 Å². The Bertz CT molecular complexity index is 357. The van der Waals surface area contributed by atoms with Crippen molar-refractivity contribution in [1.82, 2.24) is 4.90 Å². The van der Waals surface area contributed by atoms with E-state index in [1.165, 1.54) is 25.9 Å². The van der Waals surface area contributed by atoms with Crippen LogP contribution in [0, 0.1) is 0 Å². The molecule has 1 aliphatic rings. The van der Waals surface area contributed by atoms with Gasteiger partial charge in [0.2, 0.25) is 0 Å². The molecular weight excluding hydrogens is 234 g/mol. The van der Waals surface area contributed by atoms with Gasteiger partial charge in [-0.1, -0.05) is 23.7 Å². The first-order chi connectivity index (χ1) is 8.29. The largest absolute Gasteiger partial charge is 0.303 e. The van der Waals surface area contributed by atoms with E-state index in [9.17, 15) is 4.79 Å². The Balaban J connectivity index is 1.91. The van der Waals surface area contributed by atoms with E-state index in [1.54, 1.807) is 0 Å². The predicted molar refractivity (Wildman–Crippen MR) is 70.5 cm³/mol. The van der Waals surface area contributed by atoms with Crippen LogP contribution in [-0.2, 0) is 4.79 Å². The lowest BCUT2D eigenvalue weighted by molar-refractivity contribution is -0.109. The monoisotopic (exact) mass is 251 g/mol. The summed E-state index contributed by atoms with van der Waals surface area (Å²) in [6.07, 6.45) is 4.56. The molecule has 1 aromatic carbocycles. The number of hydrogen-bond acceptors (Lipinski definition) is 2. The number of rotatable bonds is 5. The van der Waals surface area contributed by atoms with E-state index in [0.717, 1.165) is 29.8 Å². The lowest BCUT2D eigenvalue weighted by Crippen LogP contribution is -2.22. The maximum atomic E-state index is 11.1. The summed E-state index contributed by atoms with van der Waals surface area (Å²) in [5, 5.41) is 0.720. The Hall–Kier alpha value is -0.860. The molecule has 0 N–H and O–H groups in total. The van der Waals surface area contributed by atoms with Gasteiger partial charge in [0.1, 0.15) is 6.29 Å². The van der Waals surface area contributed by atoms with Crippen LogP contribution in [0.25, 0.3) is 0 Å². The zero-order chi connectivity index (χ0) is 12.1. The Morgan fingerprint density at radius 3 is 2.47 bits per heavy atom. The second kappa shape index (κ2) is 6.18. The van der Waals surface area contributed by atoms with Crippen molar-refractivity contribution in [2.45, 2.75) is 25.2 Å². The first-order valence-corrected chi connectivity index (χ1v) is 6.60. The van der Waals surface area contributed by atoms with Gasteiger partial charge in [0.15, 0.2) is 0 Å². The normalized spacial score (nSPS) is 18.2. The molecule has 17 heavy (non-hydrogen) atoms. The van der Waals surface area contributed by atoms with Gasteiger partial charge in [-0.25, -0.2) is 0 Å². The van der Waals surface area contributed by atoms with E-state index < -0.39 is 0 Å². The smallest absolute Gasteiger partial charge is 0.127 e. The maximum Gasteiger partial charge on any atom is 0.127 e. The van der Waals surface area contributed by atoms with Crippen molar-refractivity contribution in [3.8, 4) is 0 Å². The molecule has 0 saturated carbocycles. The highest BCUT2D eigenvalue weighted by Gasteiger charge is 2.15. The molecule has 1 atom stereocenters. The lowest BCUT2D eigenvalue weighted by atomic mass is 9.97. The summed E-state index contributed by atoms with van der Waals surface area (Å²) in [5.74, 6) is 0.00728. The van der Waals surface area contributed by atoms with E-state index in [1.807, 2.05) is 24.3 Å². The summed E-state index contributed by atoms with van der Waals surface area (Å²) in [7, 11) is 0. The van der Waals surface area contributed by atoms with Gasteiger partial charge >= 0.3 is 0 Å². The van der Waals surface area contributed by atoms with Gasteiger partial charge in [-0.15, -0.1) is 0 Å². The summed E-state index contributed by atoms with van der Waals surface area (Å²) < 4.78 is 0. The lowest BCUT2D eigenvalue weighted by Gasteiger charge is -2.17. The third-order valence-electron chi connectivity index (χ3n) is 3.42. The molecule has 1 aliphatic heterocycles. The second-order valence-electron chi connectivity index (χ2n) is 4.63. The van der Waals surface area contributed by atoms with Crippen molar-refractivity contribution < 1.29 is 4.79 Å². The fraction of sp³-hybridized carbons (Fsp3) is 0.500. The molecule has 0 amide bonds. The summed E-state index contributed by atoms with van der Waals surface area (Å²) in [6.45, 7) is 3.39. The molecular formula is C14H18ClNO. The molecule has 2 rings (SSSR count). The molecule has 2 nitrogen and oxygen atoms in total. The number of nitrogens with zero attached hydrogens (tertiary/aromatic N) is 1. The number of likely N-dealkylation sites (tertiary alicyclic amines) is 1. The van der Waals surface area contributed by atoms with E-state index in [2.05, 4.69) is 4.90 Å². The SMILES string of the molecule is O=CC(CCN1CCCC1)c1ccc(Cl)cc1. The van der Waals surface area contributed by atoms with Crippen LogP contribution in [-0.4, -0.2) is 30.8 Å². The Morgan fingerprint density at radius 1 is 1.24 bits per heavy atom. The Labute approximate surface area is 108 Å². The molecule has 1 unspecified atom stereocenters. The second-order valence-corrected chi connectivity index (χ2v) is 5.07.